The van der Waals surface area contributed by atoms with Crippen molar-refractivity contribution in [2.75, 3.05) is 0 Å². The van der Waals surface area contributed by atoms with E-state index in [1.165, 1.54) is 0 Å². The van der Waals surface area contributed by atoms with Crippen LogP contribution in [-0.2, 0) is 9.59 Å². The van der Waals surface area contributed by atoms with Crippen molar-refractivity contribution < 1.29 is 19.8 Å². The average molecular weight is 200 g/mol. The zero-order valence-electron chi connectivity index (χ0n) is 8.29. The number of carbonyl (C=O) groups excluding carboxylic acids is 2. The summed E-state index contributed by atoms with van der Waals surface area (Å²) in [5.74, 6) is -2.28. The largest absolute Gasteiger partial charge is 0.550 e. The van der Waals surface area contributed by atoms with Crippen molar-refractivity contribution in [2.45, 2.75) is 25.7 Å². The third kappa shape index (κ3) is 31.5. The molecular weight excluding hydrogens is 184 g/mol. The number of carbonyl (C=O) groups is 2. The first-order valence-electron chi connectivity index (χ1n) is 4.02. The quantitative estimate of drug-likeness (QED) is 0.449. The van der Waals surface area contributed by atoms with E-state index in [1.54, 1.807) is 0 Å². The summed E-state index contributed by atoms with van der Waals surface area (Å²) < 4.78 is 0. The molecule has 82 valence electrons. The molecule has 0 aliphatic heterocycles. The molecule has 0 aromatic heterocycles. The van der Waals surface area contributed by atoms with Crippen molar-refractivity contribution in [3.8, 4) is 0 Å². The molecule has 4 nitrogen and oxygen atoms in total. The molecule has 0 saturated carbocycles. The normalized spacial score (nSPS) is 7.14. The molecule has 0 heterocycles. The first-order valence-corrected chi connectivity index (χ1v) is 4.02. The fourth-order valence-electron chi connectivity index (χ4n) is 0.539. The van der Waals surface area contributed by atoms with Gasteiger partial charge in [0.1, 0.15) is 0 Å². The highest BCUT2D eigenvalue weighted by atomic mass is 16.4. The molecule has 0 aromatic rings. The Morgan fingerprint density at radius 3 is 1.14 bits per heavy atom. The summed E-state index contributed by atoms with van der Waals surface area (Å²) in [4.78, 5) is 19.5. The van der Waals surface area contributed by atoms with Crippen LogP contribution in [0.15, 0.2) is 26.3 Å². The first kappa shape index (κ1) is 18.3. The van der Waals surface area contributed by atoms with Gasteiger partial charge in [-0.25, -0.2) is 0 Å². The molecule has 0 unspecified atom stereocenters. The highest BCUT2D eigenvalue weighted by Gasteiger charge is 1.89. The van der Waals surface area contributed by atoms with Crippen LogP contribution in [0.5, 0.6) is 0 Å². The van der Waals surface area contributed by atoms with Crippen molar-refractivity contribution in [2.24, 2.45) is 0 Å². The Hall–Kier alpha value is -1.58. The van der Waals surface area contributed by atoms with Crippen LogP contribution in [0.3, 0.4) is 0 Å². The number of carboxylic acid groups (broad SMARTS) is 2. The molecule has 0 atom stereocenters. The molecular formula is C10H16O4-2. The van der Waals surface area contributed by atoms with E-state index >= 15 is 0 Å². The maximum atomic E-state index is 9.77. The molecule has 0 N–H and O–H groups in total. The predicted octanol–water partition coefficient (Wildman–Crippen LogP) is -0.349. The second kappa shape index (κ2) is 17.5. The van der Waals surface area contributed by atoms with Gasteiger partial charge in [-0.05, 0) is 25.7 Å². The van der Waals surface area contributed by atoms with E-state index < -0.39 is 11.9 Å². The Kier molecular flexibility index (Phi) is 22.8. The van der Waals surface area contributed by atoms with Crippen LogP contribution in [0.1, 0.15) is 25.7 Å². The zero-order chi connectivity index (χ0) is 12.0. The molecule has 0 bridgehead atoms. The monoisotopic (exact) mass is 200 g/mol. The van der Waals surface area contributed by atoms with Gasteiger partial charge < -0.3 is 19.8 Å². The lowest BCUT2D eigenvalue weighted by molar-refractivity contribution is -0.308. The molecule has 0 fully saturated rings. The van der Waals surface area contributed by atoms with Crippen LogP contribution >= 0.6 is 0 Å². The third-order valence-corrected chi connectivity index (χ3v) is 1.01. The van der Waals surface area contributed by atoms with Crippen LogP contribution < -0.4 is 10.2 Å². The lowest BCUT2D eigenvalue weighted by Crippen LogP contribution is -2.23. The lowest BCUT2D eigenvalue weighted by Gasteiger charge is -2.01. The fraction of sp³-hybridized carbons (Fsp3) is 0.400. The summed E-state index contributed by atoms with van der Waals surface area (Å²) in [5.41, 5.74) is 0. The summed E-state index contributed by atoms with van der Waals surface area (Å²) in [6.45, 7) is 12.0. The first-order chi connectivity index (χ1) is 6.63. The van der Waals surface area contributed by atoms with Crippen molar-refractivity contribution in [1.82, 2.24) is 0 Å². The Morgan fingerprint density at radius 2 is 1.00 bits per heavy atom. The van der Waals surface area contributed by atoms with E-state index in [0.717, 1.165) is 0 Å². The maximum absolute atomic E-state index is 9.77. The van der Waals surface area contributed by atoms with Crippen molar-refractivity contribution in [1.29, 1.82) is 0 Å². The Labute approximate surface area is 84.6 Å². The third-order valence-electron chi connectivity index (χ3n) is 1.01. The van der Waals surface area contributed by atoms with Gasteiger partial charge in [-0.15, -0.1) is 26.3 Å². The standard InChI is InChI=1S/C6H10O4.2C2H4/c7-5(8)3-1-2-4-6(9)10;2*1-2/h1-4H2,(H,7,8)(H,9,10);2*1-2H2/p-2. The molecule has 0 rings (SSSR count). The van der Waals surface area contributed by atoms with Gasteiger partial charge in [0.25, 0.3) is 0 Å². The summed E-state index contributed by atoms with van der Waals surface area (Å²) in [6.07, 6.45) is 0.535. The molecule has 0 amide bonds. The van der Waals surface area contributed by atoms with Gasteiger partial charge in [0.05, 0.1) is 0 Å². The average Bonchev–Trinajstić information content (AvgIpc) is 2.18. The van der Waals surface area contributed by atoms with E-state index in [4.69, 9.17) is 0 Å². The maximum Gasteiger partial charge on any atom is 0.0414 e. The minimum Gasteiger partial charge on any atom is -0.550 e. The van der Waals surface area contributed by atoms with Gasteiger partial charge in [0, 0.05) is 11.9 Å². The number of rotatable bonds is 5. The minimum absolute atomic E-state index is 0.0761. The van der Waals surface area contributed by atoms with E-state index in [9.17, 15) is 19.8 Å². The van der Waals surface area contributed by atoms with E-state index in [1.807, 2.05) is 0 Å². The summed E-state index contributed by atoms with van der Waals surface area (Å²) >= 11 is 0. The number of carboxylic acids is 2. The second-order valence-electron chi connectivity index (χ2n) is 1.95. The van der Waals surface area contributed by atoms with Gasteiger partial charge in [0.15, 0.2) is 0 Å². The molecule has 0 aromatic carbocycles. The Balaban J connectivity index is -0.000000266. The summed E-state index contributed by atoms with van der Waals surface area (Å²) in [6, 6.07) is 0. The zero-order valence-corrected chi connectivity index (χ0v) is 8.29. The highest BCUT2D eigenvalue weighted by Crippen LogP contribution is 1.96. The predicted molar refractivity (Wildman–Crippen MR) is 51.0 cm³/mol. The van der Waals surface area contributed by atoms with Crippen LogP contribution in [0.2, 0.25) is 0 Å². The van der Waals surface area contributed by atoms with Crippen LogP contribution in [0.25, 0.3) is 0 Å². The molecule has 0 aliphatic carbocycles. The Bertz CT molecular complexity index is 136. The van der Waals surface area contributed by atoms with Crippen LogP contribution in [0, 0.1) is 0 Å². The van der Waals surface area contributed by atoms with E-state index in [2.05, 4.69) is 26.3 Å². The summed E-state index contributed by atoms with van der Waals surface area (Å²) in [7, 11) is 0. The van der Waals surface area contributed by atoms with Gasteiger partial charge in [-0.2, -0.15) is 0 Å². The van der Waals surface area contributed by atoms with Gasteiger partial charge >= 0.3 is 0 Å². The van der Waals surface area contributed by atoms with Crippen molar-refractivity contribution >= 4 is 11.9 Å². The van der Waals surface area contributed by atoms with Gasteiger partial charge in [0.2, 0.25) is 0 Å². The van der Waals surface area contributed by atoms with Crippen LogP contribution in [-0.4, -0.2) is 11.9 Å². The molecule has 14 heavy (non-hydrogen) atoms. The lowest BCUT2D eigenvalue weighted by atomic mass is 10.2. The Morgan fingerprint density at radius 1 is 0.786 bits per heavy atom. The summed E-state index contributed by atoms with van der Waals surface area (Å²) in [5, 5.41) is 19.5. The minimum atomic E-state index is -1.14. The molecule has 0 radical (unpaired) electrons. The van der Waals surface area contributed by atoms with Gasteiger partial charge in [-0.3, -0.25) is 0 Å². The molecule has 4 heteroatoms. The van der Waals surface area contributed by atoms with Crippen LogP contribution in [0.4, 0.5) is 0 Å². The van der Waals surface area contributed by atoms with Crippen molar-refractivity contribution in [3.05, 3.63) is 26.3 Å². The fourth-order valence-corrected chi connectivity index (χ4v) is 0.539. The van der Waals surface area contributed by atoms with E-state index in [-0.39, 0.29) is 12.8 Å². The number of aliphatic carboxylic acids is 2. The smallest absolute Gasteiger partial charge is 0.0414 e. The second-order valence-corrected chi connectivity index (χ2v) is 1.95. The number of hydrogen-bond acceptors (Lipinski definition) is 4. The highest BCUT2D eigenvalue weighted by molar-refractivity contribution is 5.65. The SMILES string of the molecule is C=C.C=C.O=C([O-])CCCCC(=O)[O-]. The molecule has 0 aliphatic rings. The number of unbranched alkanes of at least 4 members (excludes halogenated alkanes) is 1. The number of hydrogen-bond donors (Lipinski definition) is 0. The topological polar surface area (TPSA) is 80.3 Å². The molecule has 0 saturated heterocycles. The van der Waals surface area contributed by atoms with Gasteiger partial charge in [-0.1, -0.05) is 0 Å². The van der Waals surface area contributed by atoms with Crippen molar-refractivity contribution in [3.63, 3.8) is 0 Å². The van der Waals surface area contributed by atoms with E-state index in [0.29, 0.717) is 12.8 Å². The molecule has 0 spiro atoms.